The molecule has 1 saturated heterocycles. The van der Waals surface area contributed by atoms with E-state index in [9.17, 15) is 18.0 Å². The molecule has 2 aliphatic rings. The topological polar surface area (TPSA) is 118 Å². The quantitative estimate of drug-likeness (QED) is 0.287. The van der Waals surface area contributed by atoms with Crippen LogP contribution in [-0.4, -0.2) is 70.7 Å². The van der Waals surface area contributed by atoms with Gasteiger partial charge in [-0.05, 0) is 50.1 Å². The van der Waals surface area contributed by atoms with Crippen molar-refractivity contribution in [2.75, 3.05) is 30.8 Å². The molecule has 44 heavy (non-hydrogen) atoms. The second kappa shape index (κ2) is 11.0. The largest absolute Gasteiger partial charge is 0.355 e. The average Bonchev–Trinajstić information content (AvgIpc) is 3.82. The van der Waals surface area contributed by atoms with Crippen molar-refractivity contribution in [3.05, 3.63) is 82.0 Å². The van der Waals surface area contributed by atoms with Crippen LogP contribution in [-0.2, 0) is 14.6 Å². The molecule has 6 rings (SSSR count). The number of anilines is 1. The predicted molar refractivity (Wildman–Crippen MR) is 162 cm³/mol. The van der Waals surface area contributed by atoms with Crippen molar-refractivity contribution in [2.24, 2.45) is 0 Å². The Morgan fingerprint density at radius 3 is 2.52 bits per heavy atom. The van der Waals surface area contributed by atoms with Crippen LogP contribution in [0.2, 0.25) is 5.02 Å². The number of rotatable bonds is 6. The summed E-state index contributed by atoms with van der Waals surface area (Å²) in [6.07, 6.45) is 5.06. The van der Waals surface area contributed by atoms with Gasteiger partial charge in [0.05, 0.1) is 32.2 Å². The summed E-state index contributed by atoms with van der Waals surface area (Å²) >= 11 is 6.29. The van der Waals surface area contributed by atoms with E-state index in [1.165, 1.54) is 30.5 Å². The number of sulfone groups is 1. The number of carbonyl (C=O) groups excluding carboxylic acids is 1. The Labute approximate surface area is 256 Å². The molecule has 0 unspecified atom stereocenters. The molecule has 2 fully saturated rings. The van der Waals surface area contributed by atoms with E-state index in [2.05, 4.69) is 21.5 Å². The summed E-state index contributed by atoms with van der Waals surface area (Å²) in [5.41, 5.74) is -1.45. The number of amides is 1. The van der Waals surface area contributed by atoms with Gasteiger partial charge in [-0.3, -0.25) is 9.78 Å². The lowest BCUT2D eigenvalue weighted by atomic mass is 10.1. The van der Waals surface area contributed by atoms with Crippen molar-refractivity contribution in [3.8, 4) is 16.9 Å². The Kier molecular flexibility index (Phi) is 7.49. The molecule has 0 radical (unpaired) electrons. The van der Waals surface area contributed by atoms with E-state index >= 15 is 8.78 Å². The first-order valence-electron chi connectivity index (χ1n) is 13.9. The molecule has 4 aromatic rings. The van der Waals surface area contributed by atoms with Crippen LogP contribution in [0.1, 0.15) is 31.4 Å². The van der Waals surface area contributed by atoms with Gasteiger partial charge < -0.3 is 9.80 Å². The maximum absolute atomic E-state index is 16.0. The van der Waals surface area contributed by atoms with Crippen LogP contribution >= 0.6 is 11.6 Å². The van der Waals surface area contributed by atoms with Gasteiger partial charge in [0, 0.05) is 44.0 Å². The van der Waals surface area contributed by atoms with Gasteiger partial charge in [-0.2, -0.15) is 4.98 Å². The average molecular weight is 641 g/mol. The van der Waals surface area contributed by atoms with Crippen LogP contribution in [0.3, 0.4) is 0 Å². The van der Waals surface area contributed by atoms with E-state index in [0.717, 1.165) is 35.8 Å². The molecule has 228 valence electrons. The van der Waals surface area contributed by atoms with Crippen molar-refractivity contribution in [3.63, 3.8) is 0 Å². The van der Waals surface area contributed by atoms with Crippen molar-refractivity contribution in [1.29, 1.82) is 0 Å². The fourth-order valence-corrected chi connectivity index (χ4v) is 6.77. The molecule has 1 aliphatic carbocycles. The Balaban J connectivity index is 1.69. The number of hydrogen-bond acceptors (Lipinski definition) is 8. The second-order valence-corrected chi connectivity index (χ2v) is 13.4. The van der Waals surface area contributed by atoms with Crippen LogP contribution in [0.5, 0.6) is 0 Å². The highest BCUT2D eigenvalue weighted by atomic mass is 35.5. The highest BCUT2D eigenvalue weighted by molar-refractivity contribution is 7.90. The van der Waals surface area contributed by atoms with Crippen LogP contribution in [0.4, 0.5) is 14.6 Å². The first-order chi connectivity index (χ1) is 20.9. The van der Waals surface area contributed by atoms with Gasteiger partial charge in [-0.25, -0.2) is 31.5 Å². The number of carbonyl (C=O) groups is 1. The summed E-state index contributed by atoms with van der Waals surface area (Å²) in [5, 5.41) is -0.0221. The van der Waals surface area contributed by atoms with Crippen molar-refractivity contribution in [2.45, 2.75) is 36.6 Å². The lowest BCUT2D eigenvalue weighted by Crippen LogP contribution is -2.54. The van der Waals surface area contributed by atoms with Crippen LogP contribution < -0.4 is 10.6 Å². The van der Waals surface area contributed by atoms with Crippen molar-refractivity contribution < 1.29 is 22.0 Å². The van der Waals surface area contributed by atoms with E-state index in [1.54, 1.807) is 9.80 Å². The lowest BCUT2D eigenvalue weighted by molar-refractivity contribution is -0.126. The molecule has 1 atom stereocenters. The predicted octanol–water partition coefficient (Wildman–Crippen LogP) is 4.28. The molecular weight excluding hydrogens is 614 g/mol. The number of halogens is 3. The van der Waals surface area contributed by atoms with Gasteiger partial charge >= 0.3 is 5.69 Å². The maximum atomic E-state index is 16.0. The zero-order chi connectivity index (χ0) is 31.5. The van der Waals surface area contributed by atoms with Gasteiger partial charge in [-0.1, -0.05) is 24.2 Å². The Morgan fingerprint density at radius 2 is 1.89 bits per heavy atom. The summed E-state index contributed by atoms with van der Waals surface area (Å²) in [6, 6.07) is 5.90. The SMILES string of the molecule is C=CC(=O)N1CCN(c2nc(=O)n(-c3c(S(C)(=O)=O)ccnc3C3CC3)c3nc(-c4c(F)cccc4Cl)c(F)cc23)[C@@H](C)C1. The van der Waals surface area contributed by atoms with E-state index in [0.29, 0.717) is 5.69 Å². The smallest absolute Gasteiger partial charge is 0.350 e. The Bertz CT molecular complexity index is 2010. The van der Waals surface area contributed by atoms with Crippen molar-refractivity contribution in [1.82, 2.24) is 24.4 Å². The standard InChI is InChI=1S/C30H27ClF2N6O4S/c1-4-23(40)37-12-13-38(16(2)15-37)28-18-14-21(33)26(24-19(31)6-5-7-20(24)32)35-29(18)39(30(41)36-28)27-22(44(3,42)43)10-11-34-25(27)17-8-9-17/h4-7,10-11,14,16-17H,1,8-9,12-13,15H2,2-3H3/t16-/m0/s1. The molecule has 4 heterocycles. The monoisotopic (exact) mass is 640 g/mol. The third-order valence-electron chi connectivity index (χ3n) is 7.89. The highest BCUT2D eigenvalue weighted by Crippen LogP contribution is 2.44. The summed E-state index contributed by atoms with van der Waals surface area (Å²) in [4.78, 5) is 42.8. The zero-order valence-electron chi connectivity index (χ0n) is 23.8. The number of aromatic nitrogens is 4. The first-order valence-corrected chi connectivity index (χ1v) is 16.1. The molecule has 3 aromatic heterocycles. The lowest BCUT2D eigenvalue weighted by Gasteiger charge is -2.40. The van der Waals surface area contributed by atoms with Crippen LogP contribution in [0.15, 0.2) is 58.9 Å². The minimum atomic E-state index is -3.90. The number of hydrogen-bond donors (Lipinski definition) is 0. The molecule has 0 spiro atoms. The zero-order valence-corrected chi connectivity index (χ0v) is 25.4. The molecule has 0 N–H and O–H groups in total. The van der Waals surface area contributed by atoms with E-state index in [1.807, 2.05) is 6.92 Å². The second-order valence-electron chi connectivity index (χ2n) is 11.0. The molecule has 1 saturated carbocycles. The number of piperazine rings is 1. The van der Waals surface area contributed by atoms with Gasteiger partial charge in [0.15, 0.2) is 21.3 Å². The maximum Gasteiger partial charge on any atom is 0.355 e. The molecular formula is C30H27ClF2N6O4S. The fourth-order valence-electron chi connectivity index (χ4n) is 5.66. The van der Waals surface area contributed by atoms with Crippen LogP contribution in [0.25, 0.3) is 28.0 Å². The first kappa shape index (κ1) is 29.8. The van der Waals surface area contributed by atoms with E-state index in [4.69, 9.17) is 11.6 Å². The molecule has 0 bridgehead atoms. The van der Waals surface area contributed by atoms with Crippen LogP contribution in [0, 0.1) is 11.6 Å². The number of benzene rings is 1. The van der Waals surface area contributed by atoms with E-state index < -0.39 is 32.9 Å². The summed E-state index contributed by atoms with van der Waals surface area (Å²) < 4.78 is 58.1. The highest BCUT2D eigenvalue weighted by Gasteiger charge is 2.35. The number of nitrogens with zero attached hydrogens (tertiary/aromatic N) is 6. The third kappa shape index (κ3) is 5.13. The Hall–Kier alpha value is -4.23. The minimum absolute atomic E-state index is 0.0225. The molecule has 1 aromatic carbocycles. The molecule has 10 nitrogen and oxygen atoms in total. The minimum Gasteiger partial charge on any atom is -0.350 e. The number of pyridine rings is 2. The Morgan fingerprint density at radius 1 is 1.14 bits per heavy atom. The molecule has 1 amide bonds. The number of fused-ring (bicyclic) bond motifs is 1. The van der Waals surface area contributed by atoms with Gasteiger partial charge in [0.1, 0.15) is 17.3 Å². The third-order valence-corrected chi connectivity index (χ3v) is 9.33. The molecule has 14 heteroatoms. The fraction of sp³-hybridized carbons (Fsp3) is 0.300. The molecule has 1 aliphatic heterocycles. The van der Waals surface area contributed by atoms with Gasteiger partial charge in [0.25, 0.3) is 0 Å². The summed E-state index contributed by atoms with van der Waals surface area (Å²) in [7, 11) is -3.90. The van der Waals surface area contributed by atoms with Gasteiger partial charge in [0.2, 0.25) is 5.91 Å². The van der Waals surface area contributed by atoms with Crippen molar-refractivity contribution >= 4 is 44.2 Å². The van der Waals surface area contributed by atoms with E-state index in [-0.39, 0.29) is 75.5 Å². The summed E-state index contributed by atoms with van der Waals surface area (Å²) in [5.74, 6) is -2.02. The summed E-state index contributed by atoms with van der Waals surface area (Å²) in [6.45, 7) is 6.18. The van der Waals surface area contributed by atoms with Gasteiger partial charge in [-0.15, -0.1) is 0 Å². The normalized spacial score (nSPS) is 17.2.